The Hall–Kier alpha value is -1.00. The topological polar surface area (TPSA) is 26.3 Å². The van der Waals surface area contributed by atoms with Gasteiger partial charge in [0.1, 0.15) is 0 Å². The standard InChI is InChI=1S/C11H17F3O2/c1-16-10(15)8-6-4-2-3-5-7-9-11(12,13)14/h7,9H,2-6,8H2,1H3/b9-7+. The van der Waals surface area contributed by atoms with Crippen LogP contribution in [0.15, 0.2) is 12.2 Å². The second kappa shape index (κ2) is 8.19. The summed E-state index contributed by atoms with van der Waals surface area (Å²) in [6.45, 7) is 0. The molecule has 0 aliphatic carbocycles. The van der Waals surface area contributed by atoms with Crippen molar-refractivity contribution in [2.24, 2.45) is 0 Å². The third kappa shape index (κ3) is 11.1. The van der Waals surface area contributed by atoms with Gasteiger partial charge in [-0.1, -0.05) is 18.9 Å². The molecule has 94 valence electrons. The second-order valence-electron chi connectivity index (χ2n) is 3.47. The zero-order valence-electron chi connectivity index (χ0n) is 9.35. The Bertz CT molecular complexity index is 222. The van der Waals surface area contributed by atoms with Gasteiger partial charge < -0.3 is 4.74 Å². The molecule has 2 nitrogen and oxygen atoms in total. The maximum atomic E-state index is 11.7. The van der Waals surface area contributed by atoms with Crippen LogP contribution in [0.4, 0.5) is 13.2 Å². The van der Waals surface area contributed by atoms with Gasteiger partial charge in [0.25, 0.3) is 0 Å². The molecule has 0 aromatic heterocycles. The molecule has 0 aliphatic rings. The van der Waals surface area contributed by atoms with E-state index < -0.39 is 6.18 Å². The number of alkyl halides is 3. The van der Waals surface area contributed by atoms with Gasteiger partial charge in [-0.05, 0) is 19.3 Å². The SMILES string of the molecule is COC(=O)CCCCCC/C=C/C(F)(F)F. The normalized spacial score (nSPS) is 12.0. The zero-order valence-corrected chi connectivity index (χ0v) is 9.35. The predicted molar refractivity (Wildman–Crippen MR) is 54.9 cm³/mol. The number of unbranched alkanes of at least 4 members (excludes halogenated alkanes) is 4. The van der Waals surface area contributed by atoms with E-state index in [2.05, 4.69) is 4.74 Å². The highest BCUT2D eigenvalue weighted by Gasteiger charge is 2.21. The number of halogens is 3. The molecule has 0 heterocycles. The van der Waals surface area contributed by atoms with Crippen LogP contribution < -0.4 is 0 Å². The summed E-state index contributed by atoms with van der Waals surface area (Å²) in [5.41, 5.74) is 0. The van der Waals surface area contributed by atoms with Crippen LogP contribution in [0.2, 0.25) is 0 Å². The Kier molecular flexibility index (Phi) is 7.68. The number of hydrogen-bond donors (Lipinski definition) is 0. The average Bonchev–Trinajstić information content (AvgIpc) is 2.20. The molecule has 0 saturated heterocycles. The maximum absolute atomic E-state index is 11.7. The van der Waals surface area contributed by atoms with E-state index in [1.54, 1.807) is 0 Å². The van der Waals surface area contributed by atoms with Gasteiger partial charge in [0.15, 0.2) is 0 Å². The number of methoxy groups -OCH3 is 1. The molecule has 0 radical (unpaired) electrons. The number of rotatable bonds is 7. The molecule has 0 bridgehead atoms. The first-order valence-electron chi connectivity index (χ1n) is 5.27. The minimum atomic E-state index is -4.20. The van der Waals surface area contributed by atoms with Crippen molar-refractivity contribution in [3.63, 3.8) is 0 Å². The summed E-state index contributed by atoms with van der Waals surface area (Å²) in [6, 6.07) is 0. The van der Waals surface area contributed by atoms with Crippen molar-refractivity contribution in [2.75, 3.05) is 7.11 Å². The molecule has 0 amide bonds. The Morgan fingerprint density at radius 2 is 1.81 bits per heavy atom. The van der Waals surface area contributed by atoms with Crippen LogP contribution in [-0.4, -0.2) is 19.3 Å². The number of ether oxygens (including phenoxy) is 1. The van der Waals surface area contributed by atoms with Crippen LogP contribution in [0.25, 0.3) is 0 Å². The minimum absolute atomic E-state index is 0.239. The van der Waals surface area contributed by atoms with Gasteiger partial charge in [-0.3, -0.25) is 4.79 Å². The Morgan fingerprint density at radius 1 is 1.19 bits per heavy atom. The van der Waals surface area contributed by atoms with Crippen molar-refractivity contribution in [3.05, 3.63) is 12.2 Å². The minimum Gasteiger partial charge on any atom is -0.469 e. The quantitative estimate of drug-likeness (QED) is 0.384. The van der Waals surface area contributed by atoms with E-state index in [0.29, 0.717) is 19.3 Å². The molecule has 0 fully saturated rings. The number of esters is 1. The average molecular weight is 238 g/mol. The lowest BCUT2D eigenvalue weighted by molar-refractivity contribution is -0.140. The highest BCUT2D eigenvalue weighted by Crippen LogP contribution is 2.16. The van der Waals surface area contributed by atoms with E-state index in [-0.39, 0.29) is 12.0 Å². The van der Waals surface area contributed by atoms with E-state index in [1.807, 2.05) is 0 Å². The summed E-state index contributed by atoms with van der Waals surface area (Å²) in [4.78, 5) is 10.7. The van der Waals surface area contributed by atoms with Crippen LogP contribution in [0.5, 0.6) is 0 Å². The van der Waals surface area contributed by atoms with Crippen LogP contribution >= 0.6 is 0 Å². The third-order valence-electron chi connectivity index (χ3n) is 2.04. The Morgan fingerprint density at radius 3 is 2.38 bits per heavy atom. The van der Waals surface area contributed by atoms with Gasteiger partial charge in [-0.25, -0.2) is 0 Å². The smallest absolute Gasteiger partial charge is 0.409 e. The molecule has 5 heteroatoms. The van der Waals surface area contributed by atoms with Gasteiger partial charge in [-0.2, -0.15) is 13.2 Å². The van der Waals surface area contributed by atoms with Crippen molar-refractivity contribution in [1.82, 2.24) is 0 Å². The van der Waals surface area contributed by atoms with Crippen LogP contribution in [0.3, 0.4) is 0 Å². The first-order valence-corrected chi connectivity index (χ1v) is 5.27. The van der Waals surface area contributed by atoms with Gasteiger partial charge in [0.2, 0.25) is 0 Å². The van der Waals surface area contributed by atoms with Crippen molar-refractivity contribution >= 4 is 5.97 Å². The molecule has 0 aromatic rings. The van der Waals surface area contributed by atoms with Crippen LogP contribution in [0, 0.1) is 0 Å². The monoisotopic (exact) mass is 238 g/mol. The zero-order chi connectivity index (χ0) is 12.4. The van der Waals surface area contributed by atoms with Crippen molar-refractivity contribution in [3.8, 4) is 0 Å². The molecule has 0 aromatic carbocycles. The second-order valence-corrected chi connectivity index (χ2v) is 3.47. The van der Waals surface area contributed by atoms with Gasteiger partial charge in [0.05, 0.1) is 7.11 Å². The number of hydrogen-bond acceptors (Lipinski definition) is 2. The number of carbonyl (C=O) groups is 1. The van der Waals surface area contributed by atoms with Gasteiger partial charge in [0, 0.05) is 12.5 Å². The lowest BCUT2D eigenvalue weighted by atomic mass is 10.1. The summed E-state index contributed by atoms with van der Waals surface area (Å²) in [7, 11) is 1.34. The number of carbonyl (C=O) groups excluding carboxylic acids is 1. The fraction of sp³-hybridized carbons (Fsp3) is 0.727. The van der Waals surface area contributed by atoms with E-state index in [9.17, 15) is 18.0 Å². The first-order chi connectivity index (χ1) is 7.45. The van der Waals surface area contributed by atoms with Crippen molar-refractivity contribution in [2.45, 2.75) is 44.7 Å². The van der Waals surface area contributed by atoms with Crippen molar-refractivity contribution < 1.29 is 22.7 Å². The lowest BCUT2D eigenvalue weighted by Gasteiger charge is -2.00. The molecule has 0 unspecified atom stereocenters. The summed E-state index contributed by atoms with van der Waals surface area (Å²) >= 11 is 0. The van der Waals surface area contributed by atoms with Gasteiger partial charge >= 0.3 is 12.1 Å². The highest BCUT2D eigenvalue weighted by molar-refractivity contribution is 5.68. The third-order valence-corrected chi connectivity index (χ3v) is 2.04. The highest BCUT2D eigenvalue weighted by atomic mass is 19.4. The van der Waals surface area contributed by atoms with E-state index in [0.717, 1.165) is 25.3 Å². The molecule has 16 heavy (non-hydrogen) atoms. The van der Waals surface area contributed by atoms with E-state index >= 15 is 0 Å². The Balaban J connectivity index is 3.28. The first kappa shape index (κ1) is 15.0. The van der Waals surface area contributed by atoms with E-state index in [4.69, 9.17) is 0 Å². The largest absolute Gasteiger partial charge is 0.469 e. The summed E-state index contributed by atoms with van der Waals surface area (Å²) < 4.78 is 39.5. The van der Waals surface area contributed by atoms with Crippen LogP contribution in [-0.2, 0) is 9.53 Å². The summed E-state index contributed by atoms with van der Waals surface area (Å²) in [6.07, 6.45) is 1.14. The van der Waals surface area contributed by atoms with Crippen LogP contribution in [0.1, 0.15) is 38.5 Å². The molecular formula is C11H17F3O2. The predicted octanol–water partition coefficient (Wildman–Crippen LogP) is 3.62. The molecule has 0 atom stereocenters. The molecular weight excluding hydrogens is 221 g/mol. The fourth-order valence-corrected chi connectivity index (χ4v) is 1.20. The molecule has 0 aliphatic heterocycles. The summed E-state index contributed by atoms with van der Waals surface area (Å²) in [5, 5.41) is 0. The fourth-order valence-electron chi connectivity index (χ4n) is 1.20. The van der Waals surface area contributed by atoms with Gasteiger partial charge in [-0.15, -0.1) is 0 Å². The maximum Gasteiger partial charge on any atom is 0.409 e. The lowest BCUT2D eigenvalue weighted by Crippen LogP contribution is -2.00. The molecule has 0 saturated carbocycles. The molecule has 0 N–H and O–H groups in total. The van der Waals surface area contributed by atoms with E-state index in [1.165, 1.54) is 7.11 Å². The number of allylic oxidation sites excluding steroid dienone is 2. The molecule has 0 spiro atoms. The molecule has 0 rings (SSSR count). The Labute approximate surface area is 93.5 Å². The summed E-state index contributed by atoms with van der Waals surface area (Å²) in [5.74, 6) is -0.239. The van der Waals surface area contributed by atoms with Crippen molar-refractivity contribution in [1.29, 1.82) is 0 Å².